The van der Waals surface area contributed by atoms with Crippen molar-refractivity contribution in [2.45, 2.75) is 57.9 Å². The standard InChI is InChI=1S/C12H26N2/c1-2-3-5-8-12(11-13)14-9-6-4-7-10-14/h12H,2-11,13H2,1H3. The van der Waals surface area contributed by atoms with E-state index in [0.29, 0.717) is 6.04 Å². The second-order valence-corrected chi connectivity index (χ2v) is 4.48. The largest absolute Gasteiger partial charge is 0.329 e. The highest BCUT2D eigenvalue weighted by Crippen LogP contribution is 2.15. The van der Waals surface area contributed by atoms with E-state index in [9.17, 15) is 0 Å². The molecular formula is C12H26N2. The number of hydrogen-bond acceptors (Lipinski definition) is 2. The van der Waals surface area contributed by atoms with Gasteiger partial charge in [-0.15, -0.1) is 0 Å². The molecule has 2 heteroatoms. The maximum Gasteiger partial charge on any atom is 0.0218 e. The molecule has 0 radical (unpaired) electrons. The SMILES string of the molecule is CCCCCC(CN)N1CCCCC1. The van der Waals surface area contributed by atoms with Gasteiger partial charge in [0, 0.05) is 12.6 Å². The van der Waals surface area contributed by atoms with Crippen LogP contribution in [-0.2, 0) is 0 Å². The maximum atomic E-state index is 5.84. The van der Waals surface area contributed by atoms with Gasteiger partial charge in [0.05, 0.1) is 0 Å². The topological polar surface area (TPSA) is 29.3 Å². The average molecular weight is 198 g/mol. The van der Waals surface area contributed by atoms with Gasteiger partial charge in [0.15, 0.2) is 0 Å². The van der Waals surface area contributed by atoms with Crippen molar-refractivity contribution in [1.82, 2.24) is 4.90 Å². The Morgan fingerprint density at radius 1 is 1.14 bits per heavy atom. The highest BCUT2D eigenvalue weighted by atomic mass is 15.2. The van der Waals surface area contributed by atoms with E-state index in [-0.39, 0.29) is 0 Å². The normalized spacial score (nSPS) is 21.0. The fraction of sp³-hybridized carbons (Fsp3) is 1.00. The van der Waals surface area contributed by atoms with Gasteiger partial charge < -0.3 is 5.73 Å². The Bertz CT molecular complexity index is 130. The van der Waals surface area contributed by atoms with E-state index >= 15 is 0 Å². The van der Waals surface area contributed by atoms with Gasteiger partial charge in [-0.3, -0.25) is 4.90 Å². The molecule has 1 atom stereocenters. The van der Waals surface area contributed by atoms with Crippen molar-refractivity contribution in [3.05, 3.63) is 0 Å². The first-order valence-electron chi connectivity index (χ1n) is 6.32. The van der Waals surface area contributed by atoms with Crippen LogP contribution in [0.3, 0.4) is 0 Å². The van der Waals surface area contributed by atoms with Gasteiger partial charge in [0.25, 0.3) is 0 Å². The van der Waals surface area contributed by atoms with E-state index in [1.807, 2.05) is 0 Å². The Morgan fingerprint density at radius 3 is 2.43 bits per heavy atom. The maximum absolute atomic E-state index is 5.84. The predicted molar refractivity (Wildman–Crippen MR) is 62.4 cm³/mol. The average Bonchev–Trinajstić information content (AvgIpc) is 2.26. The van der Waals surface area contributed by atoms with E-state index in [1.54, 1.807) is 0 Å². The van der Waals surface area contributed by atoms with Crippen LogP contribution in [0.4, 0.5) is 0 Å². The summed E-state index contributed by atoms with van der Waals surface area (Å²) in [5.74, 6) is 0. The molecular weight excluding hydrogens is 172 g/mol. The molecule has 1 fully saturated rings. The van der Waals surface area contributed by atoms with Gasteiger partial charge in [-0.05, 0) is 32.4 Å². The van der Waals surface area contributed by atoms with E-state index in [4.69, 9.17) is 5.73 Å². The van der Waals surface area contributed by atoms with Crippen molar-refractivity contribution in [3.63, 3.8) is 0 Å². The Morgan fingerprint density at radius 2 is 1.86 bits per heavy atom. The zero-order valence-electron chi connectivity index (χ0n) is 9.67. The monoisotopic (exact) mass is 198 g/mol. The summed E-state index contributed by atoms with van der Waals surface area (Å²) in [5, 5.41) is 0. The lowest BCUT2D eigenvalue weighted by Gasteiger charge is -2.34. The van der Waals surface area contributed by atoms with Gasteiger partial charge in [-0.1, -0.05) is 32.6 Å². The third-order valence-corrected chi connectivity index (χ3v) is 3.32. The molecule has 1 saturated heterocycles. The van der Waals surface area contributed by atoms with Gasteiger partial charge in [-0.25, -0.2) is 0 Å². The molecule has 0 aromatic carbocycles. The molecule has 2 nitrogen and oxygen atoms in total. The van der Waals surface area contributed by atoms with Crippen LogP contribution in [0.15, 0.2) is 0 Å². The molecule has 1 aliphatic rings. The van der Waals surface area contributed by atoms with Crippen molar-refractivity contribution >= 4 is 0 Å². The van der Waals surface area contributed by atoms with Gasteiger partial charge in [0.1, 0.15) is 0 Å². The minimum Gasteiger partial charge on any atom is -0.329 e. The Balaban J connectivity index is 2.21. The summed E-state index contributed by atoms with van der Waals surface area (Å²) in [5.41, 5.74) is 5.84. The minimum atomic E-state index is 0.668. The van der Waals surface area contributed by atoms with Crippen molar-refractivity contribution < 1.29 is 0 Å². The minimum absolute atomic E-state index is 0.668. The van der Waals surface area contributed by atoms with Crippen LogP contribution in [0.1, 0.15) is 51.9 Å². The lowest BCUT2D eigenvalue weighted by atomic mass is 10.0. The van der Waals surface area contributed by atoms with E-state index in [0.717, 1.165) is 6.54 Å². The zero-order chi connectivity index (χ0) is 10.2. The van der Waals surface area contributed by atoms with Crippen LogP contribution < -0.4 is 5.73 Å². The lowest BCUT2D eigenvalue weighted by molar-refractivity contribution is 0.157. The van der Waals surface area contributed by atoms with E-state index < -0.39 is 0 Å². The lowest BCUT2D eigenvalue weighted by Crippen LogP contribution is -2.43. The summed E-state index contributed by atoms with van der Waals surface area (Å²) in [7, 11) is 0. The van der Waals surface area contributed by atoms with Crippen LogP contribution in [-0.4, -0.2) is 30.6 Å². The molecule has 0 saturated carbocycles. The van der Waals surface area contributed by atoms with E-state index in [1.165, 1.54) is 58.0 Å². The van der Waals surface area contributed by atoms with E-state index in [2.05, 4.69) is 11.8 Å². The molecule has 0 aromatic heterocycles. The van der Waals surface area contributed by atoms with Crippen molar-refractivity contribution in [2.75, 3.05) is 19.6 Å². The first kappa shape index (κ1) is 12.0. The molecule has 2 N–H and O–H groups in total. The third-order valence-electron chi connectivity index (χ3n) is 3.32. The van der Waals surface area contributed by atoms with Crippen molar-refractivity contribution in [1.29, 1.82) is 0 Å². The van der Waals surface area contributed by atoms with Crippen LogP contribution in [0.25, 0.3) is 0 Å². The number of unbranched alkanes of at least 4 members (excludes halogenated alkanes) is 2. The number of piperidine rings is 1. The number of rotatable bonds is 6. The molecule has 0 spiro atoms. The number of hydrogen-bond donors (Lipinski definition) is 1. The van der Waals surface area contributed by atoms with Gasteiger partial charge in [0.2, 0.25) is 0 Å². The third kappa shape index (κ3) is 3.97. The second-order valence-electron chi connectivity index (χ2n) is 4.48. The quantitative estimate of drug-likeness (QED) is 0.664. The predicted octanol–water partition coefficient (Wildman–Crippen LogP) is 2.38. The summed E-state index contributed by atoms with van der Waals surface area (Å²) in [6, 6.07) is 0.668. The second kappa shape index (κ2) is 7.24. The molecule has 1 heterocycles. The highest BCUT2D eigenvalue weighted by molar-refractivity contribution is 4.75. The van der Waals surface area contributed by atoms with Gasteiger partial charge >= 0.3 is 0 Å². The molecule has 84 valence electrons. The Hall–Kier alpha value is -0.0800. The number of nitrogens with two attached hydrogens (primary N) is 1. The van der Waals surface area contributed by atoms with Crippen LogP contribution in [0.2, 0.25) is 0 Å². The first-order chi connectivity index (χ1) is 6.88. The number of nitrogens with zero attached hydrogens (tertiary/aromatic N) is 1. The summed E-state index contributed by atoms with van der Waals surface area (Å²) in [6.07, 6.45) is 9.53. The molecule has 0 aliphatic carbocycles. The molecule has 14 heavy (non-hydrogen) atoms. The smallest absolute Gasteiger partial charge is 0.0218 e. The molecule has 0 bridgehead atoms. The fourth-order valence-electron chi connectivity index (χ4n) is 2.36. The summed E-state index contributed by atoms with van der Waals surface area (Å²) < 4.78 is 0. The summed E-state index contributed by atoms with van der Waals surface area (Å²) >= 11 is 0. The highest BCUT2D eigenvalue weighted by Gasteiger charge is 2.18. The molecule has 1 rings (SSSR count). The summed E-state index contributed by atoms with van der Waals surface area (Å²) in [4.78, 5) is 2.61. The first-order valence-corrected chi connectivity index (χ1v) is 6.32. The van der Waals surface area contributed by atoms with Crippen LogP contribution >= 0.6 is 0 Å². The molecule has 1 aliphatic heterocycles. The van der Waals surface area contributed by atoms with Gasteiger partial charge in [-0.2, -0.15) is 0 Å². The van der Waals surface area contributed by atoms with Crippen molar-refractivity contribution in [3.8, 4) is 0 Å². The molecule has 0 amide bonds. The number of likely N-dealkylation sites (tertiary alicyclic amines) is 1. The van der Waals surface area contributed by atoms with Crippen LogP contribution in [0.5, 0.6) is 0 Å². The van der Waals surface area contributed by atoms with Crippen LogP contribution in [0, 0.1) is 0 Å². The summed E-state index contributed by atoms with van der Waals surface area (Å²) in [6.45, 7) is 5.68. The molecule has 1 unspecified atom stereocenters. The Kier molecular flexibility index (Phi) is 6.20. The van der Waals surface area contributed by atoms with Crippen molar-refractivity contribution in [2.24, 2.45) is 5.73 Å². The zero-order valence-corrected chi connectivity index (χ0v) is 9.67. The molecule has 0 aromatic rings. The fourth-order valence-corrected chi connectivity index (χ4v) is 2.36. The Labute approximate surface area is 88.8 Å².